The number of esters is 1. The Balaban J connectivity index is 1.42. The van der Waals surface area contributed by atoms with E-state index in [4.69, 9.17) is 4.74 Å². The van der Waals surface area contributed by atoms with Crippen LogP contribution in [0.2, 0.25) is 0 Å². The molecule has 9 nitrogen and oxygen atoms in total. The van der Waals surface area contributed by atoms with E-state index in [1.54, 1.807) is 36.7 Å². The maximum Gasteiger partial charge on any atom is 0.337 e. The molecule has 2 N–H and O–H groups in total. The van der Waals surface area contributed by atoms with Crippen molar-refractivity contribution in [1.82, 2.24) is 14.8 Å². The van der Waals surface area contributed by atoms with Gasteiger partial charge in [0.15, 0.2) is 0 Å². The second-order valence-electron chi connectivity index (χ2n) is 9.38. The van der Waals surface area contributed by atoms with Gasteiger partial charge in [0.1, 0.15) is 0 Å². The first-order chi connectivity index (χ1) is 18.4. The molecule has 3 aromatic rings. The van der Waals surface area contributed by atoms with Crippen molar-refractivity contribution < 1.29 is 19.1 Å². The SMILES string of the molecule is COC(=O)c1ccc2c(c1)NC(=O)C2=C(Nc1ccc(CC(=O)N2CCN(C)CC2)cc1)c1cccnc1. The van der Waals surface area contributed by atoms with E-state index in [-0.39, 0.29) is 11.8 Å². The van der Waals surface area contributed by atoms with Gasteiger partial charge < -0.3 is 25.2 Å². The largest absolute Gasteiger partial charge is 0.465 e. The minimum Gasteiger partial charge on any atom is -0.465 e. The van der Waals surface area contributed by atoms with Gasteiger partial charge in [-0.25, -0.2) is 4.79 Å². The third-order valence-corrected chi connectivity index (χ3v) is 6.82. The highest BCUT2D eigenvalue weighted by atomic mass is 16.5. The molecule has 9 heteroatoms. The van der Waals surface area contributed by atoms with E-state index in [0.29, 0.717) is 34.5 Å². The summed E-state index contributed by atoms with van der Waals surface area (Å²) in [6.07, 6.45) is 3.70. The van der Waals surface area contributed by atoms with E-state index in [1.165, 1.54) is 7.11 Å². The zero-order valence-electron chi connectivity index (χ0n) is 21.4. The fraction of sp³-hybridized carbons (Fsp3) is 0.241. The quantitative estimate of drug-likeness (QED) is 0.387. The van der Waals surface area contributed by atoms with Gasteiger partial charge in [-0.2, -0.15) is 0 Å². The van der Waals surface area contributed by atoms with Crippen LogP contribution in [0.5, 0.6) is 0 Å². The summed E-state index contributed by atoms with van der Waals surface area (Å²) >= 11 is 0. The van der Waals surface area contributed by atoms with Gasteiger partial charge in [-0.3, -0.25) is 14.6 Å². The molecule has 0 aliphatic carbocycles. The first-order valence-electron chi connectivity index (χ1n) is 12.4. The third-order valence-electron chi connectivity index (χ3n) is 6.82. The van der Waals surface area contributed by atoms with Crippen LogP contribution in [0.15, 0.2) is 67.0 Å². The Labute approximate surface area is 221 Å². The summed E-state index contributed by atoms with van der Waals surface area (Å²) in [5, 5.41) is 6.25. The lowest BCUT2D eigenvalue weighted by molar-refractivity contribution is -0.132. The Bertz CT molecular complexity index is 1390. The van der Waals surface area contributed by atoms with Crippen LogP contribution >= 0.6 is 0 Å². The van der Waals surface area contributed by atoms with Gasteiger partial charge in [-0.1, -0.05) is 18.2 Å². The number of nitrogens with zero attached hydrogens (tertiary/aromatic N) is 3. The molecule has 2 aromatic carbocycles. The van der Waals surface area contributed by atoms with Crippen molar-refractivity contribution in [2.75, 3.05) is 51.0 Å². The molecule has 3 heterocycles. The molecule has 38 heavy (non-hydrogen) atoms. The van der Waals surface area contributed by atoms with Gasteiger partial charge in [0.2, 0.25) is 5.91 Å². The van der Waals surface area contributed by atoms with E-state index in [1.807, 2.05) is 35.2 Å². The van der Waals surface area contributed by atoms with Crippen molar-refractivity contribution in [3.8, 4) is 0 Å². The molecule has 1 fully saturated rings. The van der Waals surface area contributed by atoms with Crippen molar-refractivity contribution in [2.24, 2.45) is 0 Å². The molecule has 0 unspecified atom stereocenters. The molecule has 0 spiro atoms. The summed E-state index contributed by atoms with van der Waals surface area (Å²) in [6.45, 7) is 3.28. The second kappa shape index (κ2) is 10.9. The van der Waals surface area contributed by atoms with Gasteiger partial charge in [0, 0.05) is 55.4 Å². The lowest BCUT2D eigenvalue weighted by Crippen LogP contribution is -2.47. The highest BCUT2D eigenvalue weighted by Crippen LogP contribution is 2.38. The number of aromatic nitrogens is 1. The van der Waals surface area contributed by atoms with Crippen LogP contribution in [-0.4, -0.2) is 72.9 Å². The van der Waals surface area contributed by atoms with Crippen LogP contribution < -0.4 is 10.6 Å². The predicted octanol–water partition coefficient (Wildman–Crippen LogP) is 3.12. The fourth-order valence-corrected chi connectivity index (χ4v) is 4.65. The lowest BCUT2D eigenvalue weighted by atomic mass is 9.99. The van der Waals surface area contributed by atoms with Gasteiger partial charge in [-0.15, -0.1) is 0 Å². The summed E-state index contributed by atoms with van der Waals surface area (Å²) in [5.74, 6) is -0.637. The monoisotopic (exact) mass is 511 g/mol. The maximum atomic E-state index is 13.1. The molecule has 1 saturated heterocycles. The van der Waals surface area contributed by atoms with Crippen molar-refractivity contribution in [1.29, 1.82) is 0 Å². The molecule has 0 bridgehead atoms. The summed E-state index contributed by atoms with van der Waals surface area (Å²) in [7, 11) is 3.38. The number of ether oxygens (including phenoxy) is 1. The van der Waals surface area contributed by atoms with Crippen LogP contribution in [0, 0.1) is 0 Å². The molecule has 2 aliphatic heterocycles. The minimum absolute atomic E-state index is 0.127. The second-order valence-corrected chi connectivity index (χ2v) is 9.38. The molecule has 0 radical (unpaired) electrons. The molecule has 194 valence electrons. The first kappa shape index (κ1) is 25.2. The number of fused-ring (bicyclic) bond motifs is 1. The van der Waals surface area contributed by atoms with Crippen LogP contribution in [-0.2, 0) is 20.7 Å². The Morgan fingerprint density at radius 3 is 2.47 bits per heavy atom. The summed E-state index contributed by atoms with van der Waals surface area (Å²) in [6, 6.07) is 16.3. The number of carbonyl (C=O) groups is 3. The topological polar surface area (TPSA) is 104 Å². The van der Waals surface area contributed by atoms with Crippen molar-refractivity contribution >= 4 is 40.4 Å². The first-order valence-corrected chi connectivity index (χ1v) is 12.4. The zero-order valence-corrected chi connectivity index (χ0v) is 21.4. The number of pyridine rings is 1. The third kappa shape index (κ3) is 5.28. The number of hydrogen-bond donors (Lipinski definition) is 2. The lowest BCUT2D eigenvalue weighted by Gasteiger charge is -2.32. The molecular formula is C29H29N5O4. The van der Waals surface area contributed by atoms with E-state index in [2.05, 4.69) is 27.6 Å². The van der Waals surface area contributed by atoms with Crippen LogP contribution in [0.1, 0.15) is 27.0 Å². The number of piperazine rings is 1. The molecule has 0 atom stereocenters. The molecule has 0 saturated carbocycles. The van der Waals surface area contributed by atoms with Gasteiger partial charge in [-0.05, 0) is 49.0 Å². The Morgan fingerprint density at radius 1 is 1.03 bits per heavy atom. The van der Waals surface area contributed by atoms with E-state index >= 15 is 0 Å². The van der Waals surface area contributed by atoms with Crippen LogP contribution in [0.25, 0.3) is 11.3 Å². The number of nitrogens with one attached hydrogen (secondary N) is 2. The molecule has 2 amide bonds. The molecule has 5 rings (SSSR count). The van der Waals surface area contributed by atoms with E-state index in [0.717, 1.165) is 43.0 Å². The number of rotatable bonds is 6. The Morgan fingerprint density at radius 2 is 1.79 bits per heavy atom. The van der Waals surface area contributed by atoms with Gasteiger partial charge >= 0.3 is 5.97 Å². The van der Waals surface area contributed by atoms with Gasteiger partial charge in [0.25, 0.3) is 5.91 Å². The number of methoxy groups -OCH3 is 1. The maximum absolute atomic E-state index is 13.1. The van der Waals surface area contributed by atoms with Crippen molar-refractivity contribution in [3.05, 3.63) is 89.2 Å². The highest BCUT2D eigenvalue weighted by molar-refractivity contribution is 6.37. The van der Waals surface area contributed by atoms with Gasteiger partial charge in [0.05, 0.1) is 36.1 Å². The molecule has 2 aliphatic rings. The van der Waals surface area contributed by atoms with Crippen molar-refractivity contribution in [3.63, 3.8) is 0 Å². The van der Waals surface area contributed by atoms with E-state index < -0.39 is 5.97 Å². The summed E-state index contributed by atoms with van der Waals surface area (Å²) in [4.78, 5) is 46.2. The standard InChI is InChI=1S/C29H29N5O4/c1-33-12-14-34(15-13-33)25(35)16-19-5-8-22(9-6-19)31-27(21-4-3-11-30-18-21)26-23-10-7-20(29(37)38-2)17-24(23)32-28(26)36/h3-11,17-18,31H,12-16H2,1-2H3,(H,32,36). The molecule has 1 aromatic heterocycles. The summed E-state index contributed by atoms with van der Waals surface area (Å²) < 4.78 is 4.81. The Hall–Kier alpha value is -4.50. The van der Waals surface area contributed by atoms with E-state index in [9.17, 15) is 14.4 Å². The Kier molecular flexibility index (Phi) is 7.19. The number of likely N-dealkylation sites (N-methyl/N-ethyl adjacent to an activating group) is 1. The van der Waals surface area contributed by atoms with Crippen LogP contribution in [0.3, 0.4) is 0 Å². The van der Waals surface area contributed by atoms with Crippen molar-refractivity contribution in [2.45, 2.75) is 6.42 Å². The predicted molar refractivity (Wildman–Crippen MR) is 145 cm³/mol. The number of anilines is 2. The molecular weight excluding hydrogens is 482 g/mol. The summed E-state index contributed by atoms with van der Waals surface area (Å²) in [5.41, 5.74) is 5.01. The number of amides is 2. The normalized spacial score (nSPS) is 16.5. The minimum atomic E-state index is -0.476. The van der Waals surface area contributed by atoms with Crippen LogP contribution in [0.4, 0.5) is 11.4 Å². The average molecular weight is 512 g/mol. The zero-order chi connectivity index (χ0) is 26.6. The fourth-order valence-electron chi connectivity index (χ4n) is 4.65. The number of benzene rings is 2. The highest BCUT2D eigenvalue weighted by Gasteiger charge is 2.29. The average Bonchev–Trinajstić information content (AvgIpc) is 3.27. The number of hydrogen-bond acceptors (Lipinski definition) is 7. The number of carbonyl (C=O) groups excluding carboxylic acids is 3. The smallest absolute Gasteiger partial charge is 0.337 e.